The van der Waals surface area contributed by atoms with Crippen LogP contribution in [0.1, 0.15) is 12.8 Å². The van der Waals surface area contributed by atoms with Gasteiger partial charge in [0.2, 0.25) is 0 Å². The maximum atomic E-state index is 5.54. The molecule has 1 fully saturated rings. The van der Waals surface area contributed by atoms with E-state index in [0.29, 0.717) is 0 Å². The molecule has 3 N–H and O–H groups in total. The van der Waals surface area contributed by atoms with Crippen LogP contribution in [0.2, 0.25) is 0 Å². The molecule has 1 aliphatic carbocycles. The summed E-state index contributed by atoms with van der Waals surface area (Å²) in [5.41, 5.74) is 5.54. The summed E-state index contributed by atoms with van der Waals surface area (Å²) in [5.74, 6) is 0.838. The smallest absolute Gasteiger partial charge is 0.184 e. The number of thiazole rings is 1. The minimum atomic E-state index is 0.742. The lowest BCUT2D eigenvalue weighted by atomic mass is 10.5. The molecular formula is C9H15N3OS. The largest absolute Gasteiger partial charge is 0.389 e. The van der Waals surface area contributed by atoms with Gasteiger partial charge in [-0.2, -0.15) is 0 Å². The average molecular weight is 213 g/mol. The number of nitrogens with zero attached hydrogens (tertiary/aromatic N) is 1. The molecular weight excluding hydrogens is 198 g/mol. The van der Waals surface area contributed by atoms with Crippen LogP contribution >= 0.6 is 11.3 Å². The van der Waals surface area contributed by atoms with Crippen molar-refractivity contribution in [2.24, 2.45) is 5.92 Å². The summed E-state index contributed by atoms with van der Waals surface area (Å²) in [5, 5.41) is 4.78. The lowest BCUT2D eigenvalue weighted by Gasteiger charge is -2.03. The molecule has 5 heteroatoms. The number of rotatable bonds is 6. The highest BCUT2D eigenvalue weighted by Crippen LogP contribution is 2.28. The fraction of sp³-hybridized carbons (Fsp3) is 0.667. The van der Waals surface area contributed by atoms with E-state index in [1.54, 1.807) is 6.20 Å². The maximum absolute atomic E-state index is 5.54. The summed E-state index contributed by atoms with van der Waals surface area (Å²) >= 11 is 1.46. The second kappa shape index (κ2) is 4.61. The first kappa shape index (κ1) is 9.73. The second-order valence-electron chi connectivity index (χ2n) is 3.51. The third kappa shape index (κ3) is 3.16. The van der Waals surface area contributed by atoms with E-state index in [4.69, 9.17) is 10.5 Å². The number of nitrogen functional groups attached to an aromatic ring is 1. The Morgan fingerprint density at radius 3 is 3.14 bits per heavy atom. The van der Waals surface area contributed by atoms with Crippen molar-refractivity contribution in [3.63, 3.8) is 0 Å². The molecule has 0 unspecified atom stereocenters. The molecule has 14 heavy (non-hydrogen) atoms. The molecule has 1 aromatic heterocycles. The highest BCUT2D eigenvalue weighted by Gasteiger charge is 2.20. The lowest BCUT2D eigenvalue weighted by molar-refractivity contribution is 0.134. The summed E-state index contributed by atoms with van der Waals surface area (Å²) in [4.78, 5) is 4.09. The molecule has 0 saturated heterocycles. The summed E-state index contributed by atoms with van der Waals surface area (Å²) < 4.78 is 5.47. The Labute approximate surface area is 87.5 Å². The van der Waals surface area contributed by atoms with Gasteiger partial charge >= 0.3 is 0 Å². The summed E-state index contributed by atoms with van der Waals surface area (Å²) in [7, 11) is 0. The highest BCUT2D eigenvalue weighted by molar-refractivity contribution is 7.19. The van der Waals surface area contributed by atoms with Crippen LogP contribution in [-0.4, -0.2) is 24.7 Å². The molecule has 0 spiro atoms. The third-order valence-corrected chi connectivity index (χ3v) is 2.88. The van der Waals surface area contributed by atoms with E-state index in [9.17, 15) is 0 Å². The Morgan fingerprint density at radius 2 is 2.50 bits per heavy atom. The Bertz CT molecular complexity index is 285. The van der Waals surface area contributed by atoms with Crippen LogP contribution in [0.5, 0.6) is 0 Å². The van der Waals surface area contributed by atoms with Gasteiger partial charge in [0.15, 0.2) is 5.13 Å². The summed E-state index contributed by atoms with van der Waals surface area (Å²) in [6, 6.07) is 0. The Morgan fingerprint density at radius 1 is 1.64 bits per heavy atom. The standard InChI is InChI=1S/C9H15N3OS/c10-8-5-12-9(14-8)11-3-4-13-6-7-1-2-7/h5,7H,1-4,6,10H2,(H,11,12). The lowest BCUT2D eigenvalue weighted by Crippen LogP contribution is -2.10. The number of hydrogen-bond donors (Lipinski definition) is 2. The molecule has 0 aliphatic heterocycles. The fourth-order valence-corrected chi connectivity index (χ4v) is 1.74. The zero-order chi connectivity index (χ0) is 9.80. The van der Waals surface area contributed by atoms with Crippen molar-refractivity contribution in [1.82, 2.24) is 4.98 Å². The molecule has 1 aromatic rings. The van der Waals surface area contributed by atoms with Crippen LogP contribution in [-0.2, 0) is 4.74 Å². The normalized spacial score (nSPS) is 15.7. The SMILES string of the molecule is Nc1cnc(NCCOCC2CC2)s1. The number of aromatic nitrogens is 1. The van der Waals surface area contributed by atoms with Crippen molar-refractivity contribution >= 4 is 21.5 Å². The predicted molar refractivity (Wildman–Crippen MR) is 58.6 cm³/mol. The van der Waals surface area contributed by atoms with E-state index in [0.717, 1.165) is 35.8 Å². The molecule has 4 nitrogen and oxygen atoms in total. The van der Waals surface area contributed by atoms with Gasteiger partial charge < -0.3 is 15.8 Å². The highest BCUT2D eigenvalue weighted by atomic mass is 32.1. The Balaban J connectivity index is 1.53. The van der Waals surface area contributed by atoms with Crippen LogP contribution in [0.4, 0.5) is 10.1 Å². The number of anilines is 2. The monoisotopic (exact) mass is 213 g/mol. The van der Waals surface area contributed by atoms with E-state index in [-0.39, 0.29) is 0 Å². The molecule has 1 saturated carbocycles. The second-order valence-corrected chi connectivity index (χ2v) is 4.58. The molecule has 0 amide bonds. The van der Waals surface area contributed by atoms with E-state index >= 15 is 0 Å². The van der Waals surface area contributed by atoms with Crippen LogP contribution in [0.15, 0.2) is 6.20 Å². The summed E-state index contributed by atoms with van der Waals surface area (Å²) in [6.07, 6.45) is 4.35. The predicted octanol–water partition coefficient (Wildman–Crippen LogP) is 1.56. The van der Waals surface area contributed by atoms with Gasteiger partial charge in [-0.1, -0.05) is 11.3 Å². The van der Waals surface area contributed by atoms with Crippen molar-refractivity contribution in [3.8, 4) is 0 Å². The van der Waals surface area contributed by atoms with Gasteiger partial charge in [-0.05, 0) is 18.8 Å². The van der Waals surface area contributed by atoms with Crippen molar-refractivity contribution in [2.45, 2.75) is 12.8 Å². The van der Waals surface area contributed by atoms with Gasteiger partial charge in [0.1, 0.15) is 5.00 Å². The molecule has 0 aromatic carbocycles. The van der Waals surface area contributed by atoms with Gasteiger partial charge in [0.25, 0.3) is 0 Å². The van der Waals surface area contributed by atoms with Crippen LogP contribution in [0, 0.1) is 5.92 Å². The number of nitrogens with two attached hydrogens (primary N) is 1. The van der Waals surface area contributed by atoms with Crippen LogP contribution in [0.25, 0.3) is 0 Å². The van der Waals surface area contributed by atoms with Crippen molar-refractivity contribution < 1.29 is 4.74 Å². The average Bonchev–Trinajstić information content (AvgIpc) is 2.89. The maximum Gasteiger partial charge on any atom is 0.184 e. The third-order valence-electron chi connectivity index (χ3n) is 2.10. The number of hydrogen-bond acceptors (Lipinski definition) is 5. The minimum Gasteiger partial charge on any atom is -0.389 e. The zero-order valence-electron chi connectivity index (χ0n) is 8.03. The van der Waals surface area contributed by atoms with Crippen LogP contribution in [0.3, 0.4) is 0 Å². The van der Waals surface area contributed by atoms with Crippen molar-refractivity contribution in [2.75, 3.05) is 30.8 Å². The first-order chi connectivity index (χ1) is 6.84. The molecule has 0 bridgehead atoms. The van der Waals surface area contributed by atoms with Gasteiger partial charge in [0.05, 0.1) is 12.8 Å². The fourth-order valence-electron chi connectivity index (χ4n) is 1.13. The van der Waals surface area contributed by atoms with Gasteiger partial charge in [-0.3, -0.25) is 0 Å². The summed E-state index contributed by atoms with van der Waals surface area (Å²) in [6.45, 7) is 2.47. The van der Waals surface area contributed by atoms with Gasteiger partial charge in [-0.25, -0.2) is 4.98 Å². The number of ether oxygens (including phenoxy) is 1. The minimum absolute atomic E-state index is 0.742. The first-order valence-corrected chi connectivity index (χ1v) is 5.69. The van der Waals surface area contributed by atoms with E-state index in [2.05, 4.69) is 10.3 Å². The first-order valence-electron chi connectivity index (χ1n) is 4.87. The van der Waals surface area contributed by atoms with Gasteiger partial charge in [0, 0.05) is 13.2 Å². The number of nitrogens with one attached hydrogen (secondary N) is 1. The molecule has 1 aliphatic rings. The zero-order valence-corrected chi connectivity index (χ0v) is 8.85. The van der Waals surface area contributed by atoms with E-state index in [1.807, 2.05) is 0 Å². The molecule has 2 rings (SSSR count). The molecule has 0 radical (unpaired) electrons. The van der Waals surface area contributed by atoms with Crippen molar-refractivity contribution in [1.29, 1.82) is 0 Å². The van der Waals surface area contributed by atoms with Gasteiger partial charge in [-0.15, -0.1) is 0 Å². The Kier molecular flexibility index (Phi) is 3.21. The van der Waals surface area contributed by atoms with Crippen molar-refractivity contribution in [3.05, 3.63) is 6.20 Å². The molecule has 1 heterocycles. The van der Waals surface area contributed by atoms with Crippen LogP contribution < -0.4 is 11.1 Å². The molecule has 0 atom stereocenters. The molecule has 78 valence electrons. The topological polar surface area (TPSA) is 60.2 Å². The Hall–Kier alpha value is -0.810. The van der Waals surface area contributed by atoms with E-state index < -0.39 is 0 Å². The van der Waals surface area contributed by atoms with E-state index in [1.165, 1.54) is 24.2 Å². The quantitative estimate of drug-likeness (QED) is 0.704.